The Hall–Kier alpha value is -1.05. The smallest absolute Gasteiger partial charge is 0.167 e. The molecular formula is C8H11NO. The Morgan fingerprint density at radius 2 is 2.10 bits per heavy atom. The van der Waals surface area contributed by atoms with Crippen LogP contribution >= 0.6 is 0 Å². The fourth-order valence-corrected chi connectivity index (χ4v) is 0.798. The fourth-order valence-electron chi connectivity index (χ4n) is 0.798. The average molecular weight is 137 g/mol. The minimum Gasteiger partial charge on any atom is -0.401 e. The van der Waals surface area contributed by atoms with Crippen molar-refractivity contribution in [1.82, 2.24) is 0 Å². The van der Waals surface area contributed by atoms with Gasteiger partial charge in [-0.2, -0.15) is 0 Å². The number of nitrogens with two attached hydrogens (primary N) is 1. The Morgan fingerprint density at radius 1 is 1.50 bits per heavy atom. The number of hydrogen-bond donors (Lipinski definition) is 1. The second kappa shape index (κ2) is 1.97. The van der Waals surface area contributed by atoms with Gasteiger partial charge in [-0.25, -0.2) is 0 Å². The molecule has 0 atom stereocenters. The topological polar surface area (TPSA) is 43.1 Å². The first-order valence-corrected chi connectivity index (χ1v) is 3.24. The number of hydrogen-bond acceptors (Lipinski definition) is 2. The van der Waals surface area contributed by atoms with Crippen LogP contribution in [0.2, 0.25) is 0 Å². The van der Waals surface area contributed by atoms with Crippen molar-refractivity contribution in [3.05, 3.63) is 23.9 Å². The predicted molar refractivity (Wildman–Crippen MR) is 40.2 cm³/mol. The van der Waals surface area contributed by atoms with Gasteiger partial charge in [-0.15, -0.1) is 0 Å². The van der Waals surface area contributed by atoms with Gasteiger partial charge in [0.1, 0.15) is 0 Å². The van der Waals surface area contributed by atoms with Gasteiger partial charge >= 0.3 is 0 Å². The Labute approximate surface area is 60.4 Å². The summed E-state index contributed by atoms with van der Waals surface area (Å²) in [7, 11) is 0. The first-order chi connectivity index (χ1) is 4.55. The molecule has 0 amide bonds. The molecule has 0 aromatic heterocycles. The van der Waals surface area contributed by atoms with Crippen molar-refractivity contribution in [2.45, 2.75) is 13.8 Å². The number of carbonyl (C=O) groups excluding carboxylic acids is 1. The summed E-state index contributed by atoms with van der Waals surface area (Å²) in [5.74, 6) is 0.0764. The van der Waals surface area contributed by atoms with Gasteiger partial charge in [0.2, 0.25) is 0 Å². The minimum atomic E-state index is -0.491. The van der Waals surface area contributed by atoms with E-state index >= 15 is 0 Å². The molecule has 0 unspecified atom stereocenters. The molecule has 0 aromatic rings. The monoisotopic (exact) mass is 137 g/mol. The number of ketones is 1. The molecule has 0 saturated carbocycles. The highest BCUT2D eigenvalue weighted by Gasteiger charge is 2.29. The van der Waals surface area contributed by atoms with Crippen molar-refractivity contribution in [3.63, 3.8) is 0 Å². The molecule has 1 aliphatic carbocycles. The van der Waals surface area contributed by atoms with Crippen LogP contribution in [0.1, 0.15) is 13.8 Å². The fraction of sp³-hybridized carbons (Fsp3) is 0.375. The van der Waals surface area contributed by atoms with E-state index in [-0.39, 0.29) is 5.78 Å². The quantitative estimate of drug-likeness (QED) is 0.541. The van der Waals surface area contributed by atoms with Crippen molar-refractivity contribution < 1.29 is 4.79 Å². The van der Waals surface area contributed by atoms with Crippen molar-refractivity contribution in [1.29, 1.82) is 0 Å². The lowest BCUT2D eigenvalue weighted by Crippen LogP contribution is -2.30. The van der Waals surface area contributed by atoms with Gasteiger partial charge in [-0.1, -0.05) is 6.08 Å². The average Bonchev–Trinajstić information content (AvgIpc) is 1.84. The summed E-state index contributed by atoms with van der Waals surface area (Å²) in [6.07, 6.45) is 5.00. The lowest BCUT2D eigenvalue weighted by molar-refractivity contribution is -0.120. The highest BCUT2D eigenvalue weighted by molar-refractivity contribution is 5.97. The molecule has 0 spiro atoms. The molecule has 2 heteroatoms. The molecule has 0 fully saturated rings. The van der Waals surface area contributed by atoms with Gasteiger partial charge in [-0.05, 0) is 26.0 Å². The van der Waals surface area contributed by atoms with Gasteiger partial charge in [-0.3, -0.25) is 4.79 Å². The standard InChI is InChI=1S/C8H11NO/c1-8(2)6(9)4-3-5-7(8)10/h3-5H,9H2,1-2H3. The Balaban J connectivity index is 3.05. The molecule has 1 aliphatic rings. The largest absolute Gasteiger partial charge is 0.401 e. The molecular weight excluding hydrogens is 126 g/mol. The molecule has 0 bridgehead atoms. The predicted octanol–water partition coefficient (Wildman–Crippen LogP) is 0.994. The third kappa shape index (κ3) is 0.856. The third-order valence-corrected chi connectivity index (χ3v) is 1.86. The van der Waals surface area contributed by atoms with Crippen LogP contribution in [0.25, 0.3) is 0 Å². The molecule has 54 valence electrons. The van der Waals surface area contributed by atoms with Gasteiger partial charge in [0, 0.05) is 5.70 Å². The first kappa shape index (κ1) is 7.06. The lowest BCUT2D eigenvalue weighted by Gasteiger charge is -2.23. The van der Waals surface area contributed by atoms with Crippen molar-refractivity contribution in [3.8, 4) is 0 Å². The zero-order chi connectivity index (χ0) is 7.78. The molecule has 2 N–H and O–H groups in total. The number of rotatable bonds is 0. The summed E-state index contributed by atoms with van der Waals surface area (Å²) in [6.45, 7) is 3.65. The van der Waals surface area contributed by atoms with Crippen LogP contribution in [0, 0.1) is 5.41 Å². The van der Waals surface area contributed by atoms with Gasteiger partial charge in [0.25, 0.3) is 0 Å². The van der Waals surface area contributed by atoms with E-state index < -0.39 is 5.41 Å². The van der Waals surface area contributed by atoms with E-state index in [1.165, 1.54) is 0 Å². The summed E-state index contributed by atoms with van der Waals surface area (Å²) in [5, 5.41) is 0. The molecule has 2 nitrogen and oxygen atoms in total. The van der Waals surface area contributed by atoms with E-state index in [4.69, 9.17) is 5.73 Å². The molecule has 0 saturated heterocycles. The van der Waals surface area contributed by atoms with Crippen molar-refractivity contribution >= 4 is 5.78 Å². The third-order valence-electron chi connectivity index (χ3n) is 1.86. The first-order valence-electron chi connectivity index (χ1n) is 3.24. The summed E-state index contributed by atoms with van der Waals surface area (Å²) in [5.41, 5.74) is 5.74. The molecule has 1 rings (SSSR count). The van der Waals surface area contributed by atoms with Crippen LogP contribution in [-0.4, -0.2) is 5.78 Å². The van der Waals surface area contributed by atoms with Crippen LogP contribution < -0.4 is 5.73 Å². The molecule has 0 aliphatic heterocycles. The van der Waals surface area contributed by atoms with Crippen LogP contribution in [0.5, 0.6) is 0 Å². The maximum absolute atomic E-state index is 11.1. The molecule has 0 radical (unpaired) electrons. The maximum Gasteiger partial charge on any atom is 0.167 e. The van der Waals surface area contributed by atoms with E-state index in [1.54, 1.807) is 18.2 Å². The van der Waals surface area contributed by atoms with E-state index in [2.05, 4.69) is 0 Å². The van der Waals surface area contributed by atoms with Crippen LogP contribution in [-0.2, 0) is 4.79 Å². The summed E-state index contributed by atoms with van der Waals surface area (Å²) < 4.78 is 0. The second-order valence-electron chi connectivity index (χ2n) is 2.97. The maximum atomic E-state index is 11.1. The summed E-state index contributed by atoms with van der Waals surface area (Å²) >= 11 is 0. The highest BCUT2D eigenvalue weighted by Crippen LogP contribution is 2.26. The van der Waals surface area contributed by atoms with Crippen LogP contribution in [0.15, 0.2) is 23.9 Å². The Bertz CT molecular complexity index is 223. The van der Waals surface area contributed by atoms with Crippen LogP contribution in [0.4, 0.5) is 0 Å². The zero-order valence-electron chi connectivity index (χ0n) is 6.22. The second-order valence-corrected chi connectivity index (χ2v) is 2.97. The zero-order valence-corrected chi connectivity index (χ0v) is 6.22. The van der Waals surface area contributed by atoms with E-state index in [1.807, 2.05) is 13.8 Å². The normalized spacial score (nSPS) is 22.6. The molecule has 10 heavy (non-hydrogen) atoms. The minimum absolute atomic E-state index is 0.0764. The van der Waals surface area contributed by atoms with Crippen molar-refractivity contribution in [2.24, 2.45) is 11.1 Å². The number of allylic oxidation sites excluding steroid dienone is 4. The van der Waals surface area contributed by atoms with E-state index in [9.17, 15) is 4.79 Å². The molecule has 0 aromatic carbocycles. The highest BCUT2D eigenvalue weighted by atomic mass is 16.1. The summed E-state index contributed by atoms with van der Waals surface area (Å²) in [6, 6.07) is 0. The summed E-state index contributed by atoms with van der Waals surface area (Å²) in [4.78, 5) is 11.1. The van der Waals surface area contributed by atoms with Gasteiger partial charge < -0.3 is 5.73 Å². The van der Waals surface area contributed by atoms with Gasteiger partial charge in [0.05, 0.1) is 5.41 Å². The van der Waals surface area contributed by atoms with E-state index in [0.717, 1.165) is 0 Å². The number of carbonyl (C=O) groups is 1. The SMILES string of the molecule is CC1(C)C(=O)C=CC=C1N. The van der Waals surface area contributed by atoms with Crippen molar-refractivity contribution in [2.75, 3.05) is 0 Å². The lowest BCUT2D eigenvalue weighted by atomic mass is 9.82. The van der Waals surface area contributed by atoms with Crippen LogP contribution in [0.3, 0.4) is 0 Å². The Kier molecular flexibility index (Phi) is 1.39. The van der Waals surface area contributed by atoms with E-state index in [0.29, 0.717) is 5.70 Å². The molecule has 0 heterocycles. The van der Waals surface area contributed by atoms with Gasteiger partial charge in [0.15, 0.2) is 5.78 Å². The Morgan fingerprint density at radius 3 is 2.50 bits per heavy atom.